The molecule has 27 heavy (non-hydrogen) atoms. The maximum Gasteiger partial charge on any atom is 0.267 e. The molecule has 0 unspecified atom stereocenters. The third-order valence-corrected chi connectivity index (χ3v) is 5.29. The van der Waals surface area contributed by atoms with Crippen LogP contribution >= 0.6 is 12.4 Å². The molecule has 4 N–H and O–H groups in total. The minimum absolute atomic E-state index is 0. The van der Waals surface area contributed by atoms with Crippen LogP contribution in [0, 0.1) is 5.92 Å². The Balaban J connectivity index is 0.00000261. The van der Waals surface area contributed by atoms with Crippen LogP contribution in [0.5, 0.6) is 0 Å². The number of halogens is 1. The fraction of sp³-hybridized carbons (Fsp3) is 0.526. The Morgan fingerprint density at radius 3 is 2.63 bits per heavy atom. The van der Waals surface area contributed by atoms with Gasteiger partial charge in [0.1, 0.15) is 11.4 Å². The molecule has 7 nitrogen and oxygen atoms in total. The lowest BCUT2D eigenvalue weighted by atomic mass is 9.77. The lowest BCUT2D eigenvalue weighted by Gasteiger charge is -2.34. The van der Waals surface area contributed by atoms with Crippen molar-refractivity contribution in [1.82, 2.24) is 15.8 Å². The Morgan fingerprint density at radius 2 is 2.04 bits per heavy atom. The number of hydrogen-bond donors (Lipinski definition) is 4. The fourth-order valence-corrected chi connectivity index (χ4v) is 3.86. The third kappa shape index (κ3) is 5.28. The van der Waals surface area contributed by atoms with E-state index in [-0.39, 0.29) is 18.3 Å². The summed E-state index contributed by atoms with van der Waals surface area (Å²) in [5.41, 5.74) is 1.69. The van der Waals surface area contributed by atoms with E-state index in [0.29, 0.717) is 18.1 Å². The summed E-state index contributed by atoms with van der Waals surface area (Å²) in [7, 11) is 0. The highest BCUT2D eigenvalue weighted by Crippen LogP contribution is 2.32. The van der Waals surface area contributed by atoms with Crippen LogP contribution in [-0.4, -0.2) is 40.5 Å². The third-order valence-electron chi connectivity index (χ3n) is 5.29. The molecule has 1 aromatic heterocycles. The van der Waals surface area contributed by atoms with Gasteiger partial charge in [0.05, 0.1) is 0 Å². The summed E-state index contributed by atoms with van der Waals surface area (Å²) in [6, 6.07) is 3.63. The van der Waals surface area contributed by atoms with E-state index in [0.717, 1.165) is 44.2 Å². The number of rotatable bonds is 6. The first kappa shape index (κ1) is 21.3. The number of hydroxylamine groups is 1. The molecular formula is C19H27ClN4O3. The molecule has 1 aromatic rings. The molecule has 2 fully saturated rings. The Bertz CT molecular complexity index is 666. The summed E-state index contributed by atoms with van der Waals surface area (Å²) in [4.78, 5) is 28.6. The predicted molar refractivity (Wildman–Crippen MR) is 106 cm³/mol. The van der Waals surface area contributed by atoms with Gasteiger partial charge in [0, 0.05) is 24.7 Å². The molecule has 1 aliphatic heterocycles. The summed E-state index contributed by atoms with van der Waals surface area (Å²) in [5, 5.41) is 15.2. The number of amides is 1. The van der Waals surface area contributed by atoms with Gasteiger partial charge in [0.25, 0.3) is 5.91 Å². The van der Waals surface area contributed by atoms with Gasteiger partial charge in [-0.3, -0.25) is 14.8 Å². The first-order valence-electron chi connectivity index (χ1n) is 9.24. The number of Topliss-reactive ketones (excluding diaryl/α,β-unsaturated/α-hetero) is 1. The minimum Gasteiger partial charge on any atom is -0.356 e. The standard InChI is InChI=1S/C19H26N4O3.ClH/c24-17(23-26)9-7-14-6-8-16(21-12-14)22-19(10-11-20-13-19)18(25)15-4-2-1-3-5-15;/h6-9,12,15,20,26H,1-5,10-11,13H2,(H,21,22)(H,23,24);1H/b9-7+;/t19-;/m1./s1. The second-order valence-electron chi connectivity index (χ2n) is 7.12. The number of nitrogens with one attached hydrogen (secondary N) is 3. The van der Waals surface area contributed by atoms with E-state index in [4.69, 9.17) is 5.21 Å². The van der Waals surface area contributed by atoms with E-state index < -0.39 is 11.4 Å². The van der Waals surface area contributed by atoms with Gasteiger partial charge in [-0.1, -0.05) is 19.3 Å². The van der Waals surface area contributed by atoms with Gasteiger partial charge in [0.15, 0.2) is 5.78 Å². The van der Waals surface area contributed by atoms with Gasteiger partial charge in [-0.25, -0.2) is 10.5 Å². The van der Waals surface area contributed by atoms with Crippen molar-refractivity contribution in [3.8, 4) is 0 Å². The molecule has 8 heteroatoms. The summed E-state index contributed by atoms with van der Waals surface area (Å²) >= 11 is 0. The van der Waals surface area contributed by atoms with Gasteiger partial charge in [0.2, 0.25) is 0 Å². The van der Waals surface area contributed by atoms with Crippen molar-refractivity contribution in [3.05, 3.63) is 30.0 Å². The Hall–Kier alpha value is -1.96. The number of carbonyl (C=O) groups excluding carboxylic acids is 2. The molecular weight excluding hydrogens is 368 g/mol. The van der Waals surface area contributed by atoms with Gasteiger partial charge < -0.3 is 10.6 Å². The molecule has 1 saturated heterocycles. The van der Waals surface area contributed by atoms with E-state index >= 15 is 0 Å². The van der Waals surface area contributed by atoms with Gasteiger partial charge in [-0.05, 0) is 49.6 Å². The predicted octanol–water partition coefficient (Wildman–Crippen LogP) is 2.32. The van der Waals surface area contributed by atoms with Gasteiger partial charge >= 0.3 is 0 Å². The fourth-order valence-electron chi connectivity index (χ4n) is 3.86. The molecule has 1 amide bonds. The first-order chi connectivity index (χ1) is 12.6. The number of ketones is 1. The quantitative estimate of drug-likeness (QED) is 0.335. The maximum atomic E-state index is 13.2. The Labute approximate surface area is 165 Å². The van der Waals surface area contributed by atoms with Crippen LogP contribution in [0.25, 0.3) is 6.08 Å². The zero-order chi connectivity index (χ0) is 18.4. The highest BCUT2D eigenvalue weighted by Gasteiger charge is 2.44. The van der Waals surface area contributed by atoms with Crippen molar-refractivity contribution in [2.24, 2.45) is 5.92 Å². The Kier molecular flexibility index (Phi) is 7.77. The molecule has 1 saturated carbocycles. The van der Waals surface area contributed by atoms with Crippen LogP contribution in [0.4, 0.5) is 5.82 Å². The van der Waals surface area contributed by atoms with E-state index in [2.05, 4.69) is 15.6 Å². The second kappa shape index (κ2) is 9.82. The monoisotopic (exact) mass is 394 g/mol. The molecule has 0 spiro atoms. The van der Waals surface area contributed by atoms with Crippen LogP contribution < -0.4 is 16.1 Å². The highest BCUT2D eigenvalue weighted by molar-refractivity contribution is 5.94. The topological polar surface area (TPSA) is 103 Å². The summed E-state index contributed by atoms with van der Waals surface area (Å²) in [6.45, 7) is 1.45. The average molecular weight is 395 g/mol. The summed E-state index contributed by atoms with van der Waals surface area (Å²) in [5.74, 6) is 0.519. The molecule has 2 heterocycles. The smallest absolute Gasteiger partial charge is 0.267 e. The highest BCUT2D eigenvalue weighted by atomic mass is 35.5. The first-order valence-corrected chi connectivity index (χ1v) is 9.24. The maximum absolute atomic E-state index is 13.2. The number of aromatic nitrogens is 1. The SMILES string of the molecule is Cl.O=C(/C=C/c1ccc(N[C@]2(C(=O)C3CCCCC3)CCNC2)nc1)NO. The molecule has 2 aliphatic rings. The van der Waals surface area contributed by atoms with Crippen LogP contribution in [0.3, 0.4) is 0 Å². The van der Waals surface area contributed by atoms with Gasteiger partial charge in [-0.2, -0.15) is 0 Å². The van der Waals surface area contributed by atoms with Crippen molar-refractivity contribution in [3.63, 3.8) is 0 Å². The van der Waals surface area contributed by atoms with E-state index in [9.17, 15) is 9.59 Å². The minimum atomic E-state index is -0.596. The number of hydrogen-bond acceptors (Lipinski definition) is 6. The van der Waals surface area contributed by atoms with Crippen molar-refractivity contribution >= 4 is 36.0 Å². The van der Waals surface area contributed by atoms with E-state index in [1.165, 1.54) is 12.5 Å². The number of nitrogens with zero attached hydrogens (tertiary/aromatic N) is 1. The lowest BCUT2D eigenvalue weighted by Crippen LogP contribution is -2.51. The molecule has 148 valence electrons. The van der Waals surface area contributed by atoms with Crippen molar-refractivity contribution in [2.75, 3.05) is 18.4 Å². The molecule has 0 radical (unpaired) electrons. The van der Waals surface area contributed by atoms with E-state index in [1.807, 2.05) is 12.1 Å². The lowest BCUT2D eigenvalue weighted by molar-refractivity contribution is -0.127. The van der Waals surface area contributed by atoms with Crippen LogP contribution in [-0.2, 0) is 9.59 Å². The van der Waals surface area contributed by atoms with Crippen molar-refractivity contribution < 1.29 is 14.8 Å². The normalized spacial score (nSPS) is 23.0. The molecule has 1 atom stereocenters. The number of carbonyl (C=O) groups is 2. The van der Waals surface area contributed by atoms with Crippen LogP contribution in [0.2, 0.25) is 0 Å². The zero-order valence-electron chi connectivity index (χ0n) is 15.2. The molecule has 0 aromatic carbocycles. The van der Waals surface area contributed by atoms with E-state index in [1.54, 1.807) is 17.8 Å². The number of pyridine rings is 1. The summed E-state index contributed by atoms with van der Waals surface area (Å²) < 4.78 is 0. The largest absolute Gasteiger partial charge is 0.356 e. The van der Waals surface area contributed by atoms with Crippen molar-refractivity contribution in [1.29, 1.82) is 0 Å². The zero-order valence-corrected chi connectivity index (χ0v) is 16.1. The van der Waals surface area contributed by atoms with Crippen LogP contribution in [0.1, 0.15) is 44.1 Å². The second-order valence-corrected chi connectivity index (χ2v) is 7.12. The Morgan fingerprint density at radius 1 is 1.26 bits per heavy atom. The summed E-state index contributed by atoms with van der Waals surface area (Å²) in [6.07, 6.45) is 10.7. The van der Waals surface area contributed by atoms with Crippen LogP contribution in [0.15, 0.2) is 24.4 Å². The molecule has 1 aliphatic carbocycles. The number of anilines is 1. The van der Waals surface area contributed by atoms with Crippen molar-refractivity contribution in [2.45, 2.75) is 44.1 Å². The molecule has 0 bridgehead atoms. The molecule has 3 rings (SSSR count). The van der Waals surface area contributed by atoms with Gasteiger partial charge in [-0.15, -0.1) is 12.4 Å². The average Bonchev–Trinajstić information content (AvgIpc) is 3.17.